The van der Waals surface area contributed by atoms with Crippen molar-refractivity contribution >= 4 is 11.8 Å². The molecule has 0 saturated carbocycles. The van der Waals surface area contributed by atoms with Crippen LogP contribution < -0.4 is 5.32 Å². The molecule has 1 aromatic carbocycles. The Balaban J connectivity index is 2.05. The summed E-state index contributed by atoms with van der Waals surface area (Å²) < 4.78 is 14.1. The summed E-state index contributed by atoms with van der Waals surface area (Å²) in [6.45, 7) is 8.68. The lowest BCUT2D eigenvalue weighted by atomic mass is 9.93. The quantitative estimate of drug-likeness (QED) is 0.829. The number of nitrogens with zero attached hydrogens (tertiary/aromatic N) is 1. The van der Waals surface area contributed by atoms with Crippen molar-refractivity contribution in [1.29, 1.82) is 0 Å². The molecule has 1 aliphatic rings. The van der Waals surface area contributed by atoms with E-state index < -0.39 is 0 Å². The van der Waals surface area contributed by atoms with Crippen LogP contribution in [0.2, 0.25) is 0 Å². The summed E-state index contributed by atoms with van der Waals surface area (Å²) in [5.74, 6) is 2.75. The first kappa shape index (κ1) is 16.8. The smallest absolute Gasteiger partial charge is 0.127 e. The van der Waals surface area contributed by atoms with E-state index in [4.69, 9.17) is 0 Å². The summed E-state index contributed by atoms with van der Waals surface area (Å²) in [5, 5.41) is 3.54. The Kier molecular flexibility index (Phi) is 7.00. The van der Waals surface area contributed by atoms with E-state index in [1.54, 1.807) is 12.1 Å². The third-order valence-corrected chi connectivity index (χ3v) is 5.02. The molecule has 0 bridgehead atoms. The Hall–Kier alpha value is -0.580. The van der Waals surface area contributed by atoms with Crippen LogP contribution in [0.4, 0.5) is 4.39 Å². The summed E-state index contributed by atoms with van der Waals surface area (Å²) >= 11 is 2.03. The largest absolute Gasteiger partial charge is 0.310 e. The molecule has 1 aliphatic heterocycles. The van der Waals surface area contributed by atoms with Crippen LogP contribution in [-0.4, -0.2) is 42.6 Å². The van der Waals surface area contributed by atoms with Crippen molar-refractivity contribution < 1.29 is 4.39 Å². The SMILES string of the molecule is CCCNC(c1ccccc1F)C(C)CN1CCSCC1. The lowest BCUT2D eigenvalue weighted by Gasteiger charge is -2.33. The molecule has 21 heavy (non-hydrogen) atoms. The van der Waals surface area contributed by atoms with Gasteiger partial charge in [-0.05, 0) is 24.9 Å². The summed E-state index contributed by atoms with van der Waals surface area (Å²) in [6, 6.07) is 7.29. The van der Waals surface area contributed by atoms with Crippen LogP contribution in [-0.2, 0) is 0 Å². The van der Waals surface area contributed by atoms with Crippen LogP contribution in [0.25, 0.3) is 0 Å². The zero-order valence-electron chi connectivity index (χ0n) is 13.1. The molecule has 1 aromatic rings. The van der Waals surface area contributed by atoms with Gasteiger partial charge in [-0.3, -0.25) is 0 Å². The van der Waals surface area contributed by atoms with Gasteiger partial charge in [0.25, 0.3) is 0 Å². The van der Waals surface area contributed by atoms with Crippen molar-refractivity contribution in [3.8, 4) is 0 Å². The molecule has 0 aliphatic carbocycles. The zero-order valence-corrected chi connectivity index (χ0v) is 14.0. The van der Waals surface area contributed by atoms with Crippen LogP contribution in [0.5, 0.6) is 0 Å². The molecule has 1 N–H and O–H groups in total. The van der Waals surface area contributed by atoms with Crippen molar-refractivity contribution in [3.63, 3.8) is 0 Å². The predicted octanol–water partition coefficient (Wildman–Crippen LogP) is 3.55. The minimum Gasteiger partial charge on any atom is -0.310 e. The second-order valence-electron chi connectivity index (χ2n) is 5.84. The second-order valence-corrected chi connectivity index (χ2v) is 7.07. The van der Waals surface area contributed by atoms with Gasteiger partial charge in [-0.25, -0.2) is 4.39 Å². The van der Waals surface area contributed by atoms with Crippen LogP contribution in [0.1, 0.15) is 31.9 Å². The number of halogens is 1. The first-order valence-electron chi connectivity index (χ1n) is 8.00. The zero-order chi connectivity index (χ0) is 15.1. The standard InChI is InChI=1S/C17H27FN2S/c1-3-8-19-17(15-6-4-5-7-16(15)18)14(2)13-20-9-11-21-12-10-20/h4-7,14,17,19H,3,8-13H2,1-2H3. The van der Waals surface area contributed by atoms with Gasteiger partial charge >= 0.3 is 0 Å². The summed E-state index contributed by atoms with van der Waals surface area (Å²) in [6.07, 6.45) is 1.07. The lowest BCUT2D eigenvalue weighted by molar-refractivity contribution is 0.225. The third kappa shape index (κ3) is 4.97. The molecule has 1 saturated heterocycles. The van der Waals surface area contributed by atoms with E-state index in [1.807, 2.05) is 23.9 Å². The van der Waals surface area contributed by atoms with Crippen molar-refractivity contribution in [2.24, 2.45) is 5.92 Å². The fourth-order valence-electron chi connectivity index (χ4n) is 2.94. The molecule has 2 atom stereocenters. The monoisotopic (exact) mass is 310 g/mol. The van der Waals surface area contributed by atoms with Crippen molar-refractivity contribution in [2.45, 2.75) is 26.3 Å². The molecule has 2 unspecified atom stereocenters. The van der Waals surface area contributed by atoms with Crippen molar-refractivity contribution in [3.05, 3.63) is 35.6 Å². The number of rotatable bonds is 7. The Bertz CT molecular complexity index is 421. The van der Waals surface area contributed by atoms with E-state index in [1.165, 1.54) is 11.5 Å². The highest BCUT2D eigenvalue weighted by molar-refractivity contribution is 7.99. The summed E-state index contributed by atoms with van der Waals surface area (Å²) in [5.41, 5.74) is 0.810. The molecule has 1 heterocycles. The molecule has 1 fully saturated rings. The number of hydrogen-bond donors (Lipinski definition) is 1. The van der Waals surface area contributed by atoms with Gasteiger partial charge in [0.1, 0.15) is 5.82 Å². The topological polar surface area (TPSA) is 15.3 Å². The number of hydrogen-bond acceptors (Lipinski definition) is 3. The maximum Gasteiger partial charge on any atom is 0.127 e. The average molecular weight is 310 g/mol. The molecule has 0 amide bonds. The Morgan fingerprint density at radius 3 is 2.67 bits per heavy atom. The first-order chi connectivity index (χ1) is 10.2. The highest BCUT2D eigenvalue weighted by Crippen LogP contribution is 2.26. The van der Waals surface area contributed by atoms with E-state index in [0.29, 0.717) is 5.92 Å². The maximum atomic E-state index is 14.1. The van der Waals surface area contributed by atoms with E-state index in [-0.39, 0.29) is 11.9 Å². The van der Waals surface area contributed by atoms with Gasteiger partial charge in [-0.15, -0.1) is 0 Å². The fourth-order valence-corrected chi connectivity index (χ4v) is 3.92. The van der Waals surface area contributed by atoms with E-state index in [0.717, 1.165) is 38.2 Å². The van der Waals surface area contributed by atoms with E-state index in [2.05, 4.69) is 24.1 Å². The van der Waals surface area contributed by atoms with E-state index in [9.17, 15) is 4.39 Å². The number of nitrogens with one attached hydrogen (secondary N) is 1. The van der Waals surface area contributed by atoms with Crippen LogP contribution >= 0.6 is 11.8 Å². The normalized spacial score (nSPS) is 19.4. The average Bonchev–Trinajstić information content (AvgIpc) is 2.50. The van der Waals surface area contributed by atoms with Gasteiger partial charge in [0.2, 0.25) is 0 Å². The van der Waals surface area contributed by atoms with Crippen LogP contribution in [0, 0.1) is 11.7 Å². The van der Waals surface area contributed by atoms with Crippen LogP contribution in [0.15, 0.2) is 24.3 Å². The van der Waals surface area contributed by atoms with Crippen molar-refractivity contribution in [2.75, 3.05) is 37.7 Å². The van der Waals surface area contributed by atoms with Crippen molar-refractivity contribution in [1.82, 2.24) is 10.2 Å². The molecule has 4 heteroatoms. The van der Waals surface area contributed by atoms with E-state index >= 15 is 0 Å². The molecule has 0 spiro atoms. The van der Waals surface area contributed by atoms with Gasteiger partial charge in [0, 0.05) is 42.7 Å². The predicted molar refractivity (Wildman–Crippen MR) is 90.4 cm³/mol. The molecular formula is C17H27FN2S. The van der Waals surface area contributed by atoms with Gasteiger partial charge in [-0.1, -0.05) is 32.0 Å². The van der Waals surface area contributed by atoms with Crippen LogP contribution in [0.3, 0.4) is 0 Å². The molecule has 0 radical (unpaired) electrons. The molecule has 2 rings (SSSR count). The van der Waals surface area contributed by atoms with Gasteiger partial charge in [0.05, 0.1) is 0 Å². The maximum absolute atomic E-state index is 14.1. The lowest BCUT2D eigenvalue weighted by Crippen LogP contribution is -2.40. The Morgan fingerprint density at radius 1 is 1.29 bits per heavy atom. The van der Waals surface area contributed by atoms with Gasteiger partial charge in [0.15, 0.2) is 0 Å². The molecule has 0 aromatic heterocycles. The number of benzene rings is 1. The Morgan fingerprint density at radius 2 is 2.00 bits per heavy atom. The first-order valence-corrected chi connectivity index (χ1v) is 9.15. The Labute approximate surface area is 132 Å². The van der Waals surface area contributed by atoms with Gasteiger partial charge < -0.3 is 10.2 Å². The molecule has 118 valence electrons. The third-order valence-electron chi connectivity index (χ3n) is 4.07. The highest BCUT2D eigenvalue weighted by atomic mass is 32.2. The summed E-state index contributed by atoms with van der Waals surface area (Å²) in [7, 11) is 0. The second kappa shape index (κ2) is 8.76. The fraction of sp³-hybridized carbons (Fsp3) is 0.647. The van der Waals surface area contributed by atoms with Gasteiger partial charge in [-0.2, -0.15) is 11.8 Å². The molecule has 2 nitrogen and oxygen atoms in total. The molecular weight excluding hydrogens is 283 g/mol. The summed E-state index contributed by atoms with van der Waals surface area (Å²) in [4.78, 5) is 2.52. The highest BCUT2D eigenvalue weighted by Gasteiger charge is 2.24. The minimum atomic E-state index is -0.0906. The number of thioether (sulfide) groups is 1. The minimum absolute atomic E-state index is 0.0906.